The molecule has 0 bridgehead atoms. The van der Waals surface area contributed by atoms with Crippen molar-refractivity contribution < 1.29 is 31.0 Å². The average molecular weight is 360 g/mol. The molecule has 0 aliphatic carbocycles. The third-order valence-corrected chi connectivity index (χ3v) is 4.50. The van der Waals surface area contributed by atoms with Gasteiger partial charge in [0.2, 0.25) is 0 Å². The van der Waals surface area contributed by atoms with E-state index >= 15 is 0 Å². The third-order valence-electron chi connectivity index (χ3n) is 2.70. The first-order chi connectivity index (χ1) is 8.57. The second-order valence-electron chi connectivity index (χ2n) is 7.05. The summed E-state index contributed by atoms with van der Waals surface area (Å²) < 4.78 is 6.05. The lowest BCUT2D eigenvalue weighted by atomic mass is 10.2. The predicted molar refractivity (Wildman–Crippen MR) is 81.8 cm³/mol. The lowest BCUT2D eigenvalue weighted by Gasteiger charge is -2.35. The maximum atomic E-state index is 10.9. The fourth-order valence-electron chi connectivity index (χ4n) is 2.66. The number of hydrogen-bond acceptors (Lipinski definition) is 2. The number of ether oxygens (including phenoxy) is 1. The summed E-state index contributed by atoms with van der Waals surface area (Å²) in [5.41, 5.74) is 1.28. The van der Waals surface area contributed by atoms with Crippen molar-refractivity contribution in [2.24, 2.45) is 0 Å². The molecule has 0 heterocycles. The molecule has 0 amide bonds. The topological polar surface area (TPSA) is 26.3 Å². The highest BCUT2D eigenvalue weighted by Crippen LogP contribution is 2.17. The van der Waals surface area contributed by atoms with E-state index in [9.17, 15) is 4.79 Å². The monoisotopic (exact) mass is 359 g/mol. The van der Waals surface area contributed by atoms with Gasteiger partial charge in [-0.3, -0.25) is 4.79 Å². The van der Waals surface area contributed by atoms with Crippen LogP contribution < -0.4 is 21.7 Å². The number of esters is 1. The van der Waals surface area contributed by atoms with Gasteiger partial charge in [0.15, 0.2) is 0 Å². The van der Waals surface area contributed by atoms with Gasteiger partial charge in [0, 0.05) is 12.5 Å². The Kier molecular flexibility index (Phi) is 7.14. The highest BCUT2D eigenvalue weighted by atomic mass is 79.9. The summed E-state index contributed by atoms with van der Waals surface area (Å²) in [6, 6.07) is 7.82. The summed E-state index contributed by atoms with van der Waals surface area (Å²) in [5, 5.41) is 0. The molecule has 114 valence electrons. The Morgan fingerprint density at radius 3 is 2.05 bits per heavy atom. The molecule has 1 aromatic carbocycles. The summed E-state index contributed by atoms with van der Waals surface area (Å²) in [6.07, 6.45) is 1.25. The van der Waals surface area contributed by atoms with Crippen LogP contribution in [0.3, 0.4) is 0 Å². The number of rotatable bonds is 5. The van der Waals surface area contributed by atoms with Gasteiger partial charge in [-0.25, -0.2) is 0 Å². The van der Waals surface area contributed by atoms with Crippen LogP contribution in [0, 0.1) is 0 Å². The molecule has 5 heteroatoms. The van der Waals surface area contributed by atoms with Crippen molar-refractivity contribution >= 4 is 14.0 Å². The molecule has 0 radical (unpaired) electrons. The van der Waals surface area contributed by atoms with E-state index in [0.717, 1.165) is 11.0 Å². The zero-order valence-corrected chi connectivity index (χ0v) is 16.0. The minimum atomic E-state index is -1.08. The molecule has 0 spiro atoms. The number of carbonyl (C=O) groups is 1. The van der Waals surface area contributed by atoms with Crippen molar-refractivity contribution in [3.8, 4) is 5.75 Å². The summed E-state index contributed by atoms with van der Waals surface area (Å²) in [4.78, 5) is 10.9. The maximum Gasteiger partial charge on any atom is 0.308 e. The smallest absolute Gasteiger partial charge is 0.308 e. The highest BCUT2D eigenvalue weighted by Gasteiger charge is 2.26. The minimum absolute atomic E-state index is 0. The van der Waals surface area contributed by atoms with E-state index in [0.29, 0.717) is 5.75 Å². The first kappa shape index (κ1) is 19.3. The van der Waals surface area contributed by atoms with Gasteiger partial charge in [0.05, 0.1) is 20.3 Å². The quantitative estimate of drug-likeness (QED) is 0.322. The van der Waals surface area contributed by atoms with Gasteiger partial charge >= 0.3 is 5.97 Å². The predicted octanol–water partition coefficient (Wildman–Crippen LogP) is 0.0697. The third kappa shape index (κ3) is 7.82. The van der Waals surface area contributed by atoms with E-state index < -0.39 is 8.07 Å². The van der Waals surface area contributed by atoms with Gasteiger partial charge in [-0.1, -0.05) is 19.6 Å². The van der Waals surface area contributed by atoms with E-state index in [1.54, 1.807) is 0 Å². The van der Waals surface area contributed by atoms with E-state index in [2.05, 4.69) is 33.7 Å². The fraction of sp³-hybridized carbons (Fsp3) is 0.533. The molecule has 0 saturated carbocycles. The van der Waals surface area contributed by atoms with Crippen LogP contribution in [0.4, 0.5) is 0 Å². The molecule has 20 heavy (non-hydrogen) atoms. The van der Waals surface area contributed by atoms with Crippen molar-refractivity contribution in [2.45, 2.75) is 33.1 Å². The van der Waals surface area contributed by atoms with Gasteiger partial charge < -0.3 is 26.2 Å². The maximum absolute atomic E-state index is 10.9. The molecule has 1 aromatic rings. The van der Waals surface area contributed by atoms with Crippen LogP contribution >= 0.6 is 0 Å². The van der Waals surface area contributed by atoms with Crippen LogP contribution in [0.25, 0.3) is 0 Å². The van der Waals surface area contributed by atoms with Gasteiger partial charge in [0.25, 0.3) is 0 Å². The van der Waals surface area contributed by atoms with Gasteiger partial charge in [-0.2, -0.15) is 0 Å². The van der Waals surface area contributed by atoms with Crippen molar-refractivity contribution in [1.82, 2.24) is 0 Å². The first-order valence-electron chi connectivity index (χ1n) is 6.67. The summed E-state index contributed by atoms with van der Waals surface area (Å²) >= 11 is 0. The standard InChI is InChI=1S/C15H26NO2Si.BrH/c1-13(17)18-15-9-7-14(8-10-15)11-16(2,3)12-19(4,5)6;/h7-10H,11-12H2,1-6H3;1H/q+1;/p-1. The van der Waals surface area contributed by atoms with E-state index in [1.165, 1.54) is 18.7 Å². The first-order valence-corrected chi connectivity index (χ1v) is 10.4. The van der Waals surface area contributed by atoms with Gasteiger partial charge in [-0.15, -0.1) is 0 Å². The van der Waals surface area contributed by atoms with Gasteiger partial charge in [0.1, 0.15) is 20.4 Å². The molecular formula is C15H26BrNO2Si. The number of hydrogen-bond donors (Lipinski definition) is 0. The molecule has 0 N–H and O–H groups in total. The van der Waals surface area contributed by atoms with Crippen molar-refractivity contribution in [3.63, 3.8) is 0 Å². The average Bonchev–Trinajstić information content (AvgIpc) is 2.15. The summed E-state index contributed by atoms with van der Waals surface area (Å²) in [5.74, 6) is 0.342. The van der Waals surface area contributed by atoms with Crippen LogP contribution in [0.1, 0.15) is 12.5 Å². The second kappa shape index (κ2) is 7.38. The molecule has 0 aliphatic rings. The zero-order valence-electron chi connectivity index (χ0n) is 13.4. The number of nitrogens with zero attached hydrogens (tertiary/aromatic N) is 1. The molecule has 0 aromatic heterocycles. The molecule has 3 nitrogen and oxygen atoms in total. The van der Waals surface area contributed by atoms with Crippen LogP contribution in [0.2, 0.25) is 19.6 Å². The molecule has 0 aliphatic heterocycles. The SMILES string of the molecule is CC(=O)Oc1ccc(C[N+](C)(C)C[Si](C)(C)C)cc1.[Br-]. The van der Waals surface area contributed by atoms with E-state index in [1.807, 2.05) is 24.3 Å². The number of quaternary nitrogens is 1. The summed E-state index contributed by atoms with van der Waals surface area (Å²) in [7, 11) is 3.48. The van der Waals surface area contributed by atoms with E-state index in [-0.39, 0.29) is 23.0 Å². The normalized spacial score (nSPS) is 11.7. The Hall–Kier alpha value is -0.653. The molecule has 0 atom stereocenters. The largest absolute Gasteiger partial charge is 1.00 e. The van der Waals surface area contributed by atoms with Crippen LogP contribution in [-0.2, 0) is 11.3 Å². The van der Waals surface area contributed by atoms with Crippen molar-refractivity contribution in [3.05, 3.63) is 29.8 Å². The van der Waals surface area contributed by atoms with Crippen LogP contribution in [-0.4, -0.2) is 38.8 Å². The zero-order chi connectivity index (χ0) is 14.7. The van der Waals surface area contributed by atoms with Crippen LogP contribution in [0.15, 0.2) is 24.3 Å². The lowest BCUT2D eigenvalue weighted by Crippen LogP contribution is -3.00. The van der Waals surface area contributed by atoms with Crippen LogP contribution in [0.5, 0.6) is 5.75 Å². The summed E-state index contributed by atoms with van der Waals surface area (Å²) in [6.45, 7) is 9.62. The highest BCUT2D eigenvalue weighted by molar-refractivity contribution is 6.75. The Balaban J connectivity index is 0.00000361. The molecule has 1 rings (SSSR count). The number of benzene rings is 1. The Morgan fingerprint density at radius 2 is 1.65 bits per heavy atom. The minimum Gasteiger partial charge on any atom is -1.00 e. The Bertz CT molecular complexity index is 438. The Labute approximate surface area is 134 Å². The van der Waals surface area contributed by atoms with E-state index in [4.69, 9.17) is 4.74 Å². The van der Waals surface area contributed by atoms with Crippen molar-refractivity contribution in [1.29, 1.82) is 0 Å². The van der Waals surface area contributed by atoms with Crippen molar-refractivity contribution in [2.75, 3.05) is 20.3 Å². The number of carbonyl (C=O) groups excluding carboxylic acids is 1. The Morgan fingerprint density at radius 1 is 1.15 bits per heavy atom. The fourth-order valence-corrected chi connectivity index (χ4v) is 5.34. The van der Waals surface area contributed by atoms with Gasteiger partial charge in [-0.05, 0) is 24.3 Å². The molecule has 0 unspecified atom stereocenters. The molecular weight excluding hydrogens is 334 g/mol. The molecule has 0 saturated heterocycles. The second-order valence-corrected chi connectivity index (χ2v) is 12.5. The number of halogens is 1. The molecule has 0 fully saturated rings. The lowest BCUT2D eigenvalue weighted by molar-refractivity contribution is -0.894.